The average Bonchev–Trinajstić information content (AvgIpc) is 3.29. The molecule has 0 aromatic rings. The molecule has 0 aromatic carbocycles. The second kappa shape index (κ2) is 52.2. The molecular formula is C58H98O6. The molecule has 6 heteroatoms. The van der Waals surface area contributed by atoms with E-state index in [4.69, 9.17) is 14.2 Å². The molecule has 366 valence electrons. The third-order valence-corrected chi connectivity index (χ3v) is 11.1. The van der Waals surface area contributed by atoms with Crippen LogP contribution in [0.4, 0.5) is 0 Å². The fourth-order valence-electron chi connectivity index (χ4n) is 7.05. The first-order valence-electron chi connectivity index (χ1n) is 26.6. The van der Waals surface area contributed by atoms with Gasteiger partial charge in [-0.05, 0) is 103 Å². The van der Waals surface area contributed by atoms with E-state index in [1.165, 1.54) is 103 Å². The summed E-state index contributed by atoms with van der Waals surface area (Å²) in [6.07, 6.45) is 67.1. The number of hydrogen-bond donors (Lipinski definition) is 0. The number of hydrogen-bond acceptors (Lipinski definition) is 6. The lowest BCUT2D eigenvalue weighted by atomic mass is 10.1. The van der Waals surface area contributed by atoms with Gasteiger partial charge in [-0.25, -0.2) is 0 Å². The van der Waals surface area contributed by atoms with Gasteiger partial charge in [0.05, 0.1) is 0 Å². The van der Waals surface area contributed by atoms with Crippen molar-refractivity contribution in [3.63, 3.8) is 0 Å². The van der Waals surface area contributed by atoms with E-state index in [2.05, 4.69) is 106 Å². The Morgan fingerprint density at radius 1 is 0.328 bits per heavy atom. The minimum atomic E-state index is -0.814. The van der Waals surface area contributed by atoms with E-state index < -0.39 is 6.10 Å². The Bertz CT molecular complexity index is 1250. The van der Waals surface area contributed by atoms with Crippen molar-refractivity contribution in [3.8, 4) is 0 Å². The number of carbonyl (C=O) groups is 3. The zero-order valence-corrected chi connectivity index (χ0v) is 41.8. The summed E-state index contributed by atoms with van der Waals surface area (Å²) in [5, 5.41) is 0. The highest BCUT2D eigenvalue weighted by molar-refractivity contribution is 5.71. The Morgan fingerprint density at radius 3 is 1.11 bits per heavy atom. The summed E-state index contributed by atoms with van der Waals surface area (Å²) in [5.74, 6) is -0.990. The molecule has 0 bridgehead atoms. The lowest BCUT2D eigenvalue weighted by Gasteiger charge is -2.18. The first-order chi connectivity index (χ1) is 31.5. The molecule has 1 unspecified atom stereocenters. The van der Waals surface area contributed by atoms with Crippen molar-refractivity contribution in [2.45, 2.75) is 252 Å². The number of allylic oxidation sites excluding steroid dienone is 14. The molecular weight excluding hydrogens is 793 g/mol. The highest BCUT2D eigenvalue weighted by Gasteiger charge is 2.19. The Morgan fingerprint density at radius 2 is 0.641 bits per heavy atom. The lowest BCUT2D eigenvalue weighted by Crippen LogP contribution is -2.30. The van der Waals surface area contributed by atoms with E-state index >= 15 is 0 Å². The molecule has 6 nitrogen and oxygen atoms in total. The summed E-state index contributed by atoms with van der Waals surface area (Å²) in [4.78, 5) is 38.0. The van der Waals surface area contributed by atoms with Gasteiger partial charge < -0.3 is 14.2 Å². The van der Waals surface area contributed by atoms with E-state index in [1.807, 2.05) is 0 Å². The maximum absolute atomic E-state index is 12.8. The van der Waals surface area contributed by atoms with Gasteiger partial charge in [0.25, 0.3) is 0 Å². The number of unbranched alkanes of at least 4 members (excludes halogenated alkanes) is 23. The predicted octanol–water partition coefficient (Wildman–Crippen LogP) is 17.6. The summed E-state index contributed by atoms with van der Waals surface area (Å²) in [6.45, 7) is 6.50. The minimum absolute atomic E-state index is 0.108. The average molecular weight is 891 g/mol. The van der Waals surface area contributed by atoms with Crippen molar-refractivity contribution >= 4 is 17.9 Å². The second-order valence-electron chi connectivity index (χ2n) is 17.5. The van der Waals surface area contributed by atoms with Gasteiger partial charge in [-0.2, -0.15) is 0 Å². The predicted molar refractivity (Wildman–Crippen MR) is 274 cm³/mol. The topological polar surface area (TPSA) is 78.9 Å². The van der Waals surface area contributed by atoms with Crippen LogP contribution in [0.15, 0.2) is 85.1 Å². The van der Waals surface area contributed by atoms with E-state index in [1.54, 1.807) is 0 Å². The van der Waals surface area contributed by atoms with Crippen LogP contribution in [0, 0.1) is 0 Å². The first-order valence-corrected chi connectivity index (χ1v) is 26.6. The van der Waals surface area contributed by atoms with Crippen LogP contribution in [-0.4, -0.2) is 37.2 Å². The van der Waals surface area contributed by atoms with E-state index in [-0.39, 0.29) is 37.5 Å². The fraction of sp³-hybridized carbons (Fsp3) is 0.707. The van der Waals surface area contributed by atoms with Crippen molar-refractivity contribution in [1.29, 1.82) is 0 Å². The SMILES string of the molecule is CCCC/C=C\CCCCCCCC(=O)OCC(COC(=O)CCCCCCC/C=C\C=C/CCCCCCCCC)OC(=O)CCC/C=C\C/C=C\C/C=C\C/C=C\CCCCC. The Labute approximate surface area is 395 Å². The summed E-state index contributed by atoms with van der Waals surface area (Å²) in [7, 11) is 0. The van der Waals surface area contributed by atoms with Crippen LogP contribution in [0.2, 0.25) is 0 Å². The summed E-state index contributed by atoms with van der Waals surface area (Å²) >= 11 is 0. The molecule has 0 heterocycles. The zero-order valence-electron chi connectivity index (χ0n) is 41.8. The molecule has 0 N–H and O–H groups in total. The van der Waals surface area contributed by atoms with Gasteiger partial charge >= 0.3 is 17.9 Å². The molecule has 0 fully saturated rings. The van der Waals surface area contributed by atoms with Crippen LogP contribution in [0.1, 0.15) is 245 Å². The van der Waals surface area contributed by atoms with Gasteiger partial charge in [0.2, 0.25) is 0 Å². The Balaban J connectivity index is 4.49. The van der Waals surface area contributed by atoms with Crippen LogP contribution < -0.4 is 0 Å². The smallest absolute Gasteiger partial charge is 0.306 e. The van der Waals surface area contributed by atoms with E-state index in [0.29, 0.717) is 19.3 Å². The number of esters is 3. The van der Waals surface area contributed by atoms with Crippen LogP contribution in [0.3, 0.4) is 0 Å². The van der Waals surface area contributed by atoms with Gasteiger partial charge in [-0.1, -0.05) is 209 Å². The normalized spacial score (nSPS) is 12.7. The summed E-state index contributed by atoms with van der Waals surface area (Å²) in [6, 6.07) is 0. The van der Waals surface area contributed by atoms with Crippen molar-refractivity contribution < 1.29 is 28.6 Å². The largest absolute Gasteiger partial charge is 0.462 e. The molecule has 0 amide bonds. The summed E-state index contributed by atoms with van der Waals surface area (Å²) < 4.78 is 16.7. The lowest BCUT2D eigenvalue weighted by molar-refractivity contribution is -0.167. The molecule has 64 heavy (non-hydrogen) atoms. The molecule has 0 aliphatic rings. The molecule has 0 aliphatic carbocycles. The standard InChI is InChI=1S/C58H98O6/c1-4-7-10-13-16-19-22-24-26-28-30-31-33-36-39-42-45-48-51-57(60)63-54-55(53-62-56(59)50-47-44-41-38-35-21-18-15-12-9-6-3)64-58(61)52-49-46-43-40-37-34-32-29-27-25-23-20-17-14-11-8-5-2/h15,17-18,20,25-28,30-32,34,40,43,55H,4-14,16,19,21-24,29,33,35-39,41-42,44-54H2,1-3H3/b18-15-,20-17-,27-25-,28-26-,31-30-,34-32-,43-40-. The van der Waals surface area contributed by atoms with Crippen LogP contribution in [0.5, 0.6) is 0 Å². The van der Waals surface area contributed by atoms with Crippen molar-refractivity contribution in [1.82, 2.24) is 0 Å². The third kappa shape index (κ3) is 49.6. The van der Waals surface area contributed by atoms with Crippen LogP contribution in [0.25, 0.3) is 0 Å². The molecule has 0 radical (unpaired) electrons. The molecule has 0 aromatic heterocycles. The Kier molecular flexibility index (Phi) is 49.4. The molecule has 0 saturated carbocycles. The maximum atomic E-state index is 12.8. The fourth-order valence-corrected chi connectivity index (χ4v) is 7.05. The third-order valence-electron chi connectivity index (χ3n) is 11.1. The highest BCUT2D eigenvalue weighted by atomic mass is 16.6. The first kappa shape index (κ1) is 60.6. The highest BCUT2D eigenvalue weighted by Crippen LogP contribution is 2.13. The van der Waals surface area contributed by atoms with Gasteiger partial charge in [0.1, 0.15) is 13.2 Å². The Hall–Kier alpha value is -3.41. The van der Waals surface area contributed by atoms with Crippen LogP contribution in [-0.2, 0) is 28.6 Å². The number of carbonyl (C=O) groups excluding carboxylic acids is 3. The van der Waals surface area contributed by atoms with Gasteiger partial charge in [0.15, 0.2) is 6.10 Å². The number of ether oxygens (including phenoxy) is 3. The van der Waals surface area contributed by atoms with Gasteiger partial charge in [0, 0.05) is 19.3 Å². The van der Waals surface area contributed by atoms with E-state index in [0.717, 1.165) is 96.3 Å². The van der Waals surface area contributed by atoms with Crippen molar-refractivity contribution in [2.24, 2.45) is 0 Å². The van der Waals surface area contributed by atoms with Gasteiger partial charge in [-0.15, -0.1) is 0 Å². The second-order valence-corrected chi connectivity index (χ2v) is 17.5. The number of rotatable bonds is 47. The van der Waals surface area contributed by atoms with Crippen LogP contribution >= 0.6 is 0 Å². The van der Waals surface area contributed by atoms with Crippen molar-refractivity contribution in [3.05, 3.63) is 85.1 Å². The zero-order chi connectivity index (χ0) is 46.5. The monoisotopic (exact) mass is 891 g/mol. The molecule has 0 saturated heterocycles. The molecule has 0 spiro atoms. The summed E-state index contributed by atoms with van der Waals surface area (Å²) in [5.41, 5.74) is 0. The molecule has 0 rings (SSSR count). The van der Waals surface area contributed by atoms with E-state index in [9.17, 15) is 14.4 Å². The molecule has 0 aliphatic heterocycles. The van der Waals surface area contributed by atoms with Gasteiger partial charge in [-0.3, -0.25) is 14.4 Å². The molecule has 1 atom stereocenters. The minimum Gasteiger partial charge on any atom is -0.462 e. The van der Waals surface area contributed by atoms with Crippen molar-refractivity contribution in [2.75, 3.05) is 13.2 Å². The quantitative estimate of drug-likeness (QED) is 0.0199. The maximum Gasteiger partial charge on any atom is 0.306 e.